The Bertz CT molecular complexity index is 1080. The van der Waals surface area contributed by atoms with Crippen molar-refractivity contribution in [2.75, 3.05) is 24.4 Å². The molecule has 3 aromatic rings. The first-order valence-electron chi connectivity index (χ1n) is 9.15. The summed E-state index contributed by atoms with van der Waals surface area (Å²) in [6.45, 7) is 0. The number of ether oxygens (including phenoxy) is 2. The van der Waals surface area contributed by atoms with Gasteiger partial charge in [0.05, 0.1) is 31.0 Å². The van der Waals surface area contributed by atoms with Gasteiger partial charge < -0.3 is 14.8 Å². The molecule has 0 fully saturated rings. The summed E-state index contributed by atoms with van der Waals surface area (Å²) in [7, 11) is 2.90. The molecule has 1 aliphatic rings. The summed E-state index contributed by atoms with van der Waals surface area (Å²) in [4.78, 5) is 27.5. The third-order valence-corrected chi connectivity index (χ3v) is 4.93. The minimum absolute atomic E-state index is 0.187. The van der Waals surface area contributed by atoms with E-state index in [1.807, 2.05) is 48.5 Å². The van der Waals surface area contributed by atoms with Crippen molar-refractivity contribution in [1.82, 2.24) is 0 Å². The zero-order valence-electron chi connectivity index (χ0n) is 16.1. The summed E-state index contributed by atoms with van der Waals surface area (Å²) >= 11 is 0. The minimum Gasteiger partial charge on any atom is -0.495 e. The maximum absolute atomic E-state index is 13.5. The maximum atomic E-state index is 13.5. The number of carbonyl (C=O) groups excluding carboxylic acids is 2. The number of methoxy groups -OCH3 is 2. The molecule has 4 rings (SSSR count). The highest BCUT2D eigenvalue weighted by atomic mass is 16.5. The fourth-order valence-corrected chi connectivity index (χ4v) is 3.58. The molecule has 3 aromatic carbocycles. The lowest BCUT2D eigenvalue weighted by Gasteiger charge is -2.39. The molecule has 0 saturated carbocycles. The summed E-state index contributed by atoms with van der Waals surface area (Å²) in [5, 5.41) is 3.40. The SMILES string of the molecule is COC(=O)c1ccccc1[C@H]1Nc2ccccc2C(=O)N1c1ccccc1OC. The van der Waals surface area contributed by atoms with Crippen LogP contribution in [-0.2, 0) is 4.74 Å². The normalized spacial score (nSPS) is 15.3. The van der Waals surface area contributed by atoms with Crippen LogP contribution in [0.5, 0.6) is 5.75 Å². The fourth-order valence-electron chi connectivity index (χ4n) is 3.58. The van der Waals surface area contributed by atoms with Crippen LogP contribution < -0.4 is 15.0 Å². The van der Waals surface area contributed by atoms with E-state index >= 15 is 0 Å². The molecule has 0 radical (unpaired) electrons. The van der Waals surface area contributed by atoms with Crippen molar-refractivity contribution < 1.29 is 19.1 Å². The standard InChI is InChI=1S/C23H20N2O4/c1-28-20-14-8-7-13-19(20)25-21(15-9-3-4-10-16(15)23(27)29-2)24-18-12-6-5-11-17(18)22(25)26/h3-14,21,24H,1-2H3/t21-/m0/s1. The maximum Gasteiger partial charge on any atom is 0.338 e. The van der Waals surface area contributed by atoms with Crippen LogP contribution >= 0.6 is 0 Å². The molecule has 29 heavy (non-hydrogen) atoms. The van der Waals surface area contributed by atoms with E-state index in [0.29, 0.717) is 33.8 Å². The highest BCUT2D eigenvalue weighted by Gasteiger charge is 2.37. The zero-order chi connectivity index (χ0) is 20.4. The van der Waals surface area contributed by atoms with Gasteiger partial charge in [-0.15, -0.1) is 0 Å². The molecule has 6 nitrogen and oxygen atoms in total. The van der Waals surface area contributed by atoms with Crippen molar-refractivity contribution in [2.24, 2.45) is 0 Å². The molecule has 0 bridgehead atoms. The quantitative estimate of drug-likeness (QED) is 0.677. The number of fused-ring (bicyclic) bond motifs is 1. The Morgan fingerprint density at radius 2 is 1.62 bits per heavy atom. The number of benzene rings is 3. The second-order valence-corrected chi connectivity index (χ2v) is 6.52. The van der Waals surface area contributed by atoms with Crippen molar-refractivity contribution >= 4 is 23.3 Å². The summed E-state index contributed by atoms with van der Waals surface area (Å²) in [5.74, 6) is -0.0928. The molecule has 1 aliphatic heterocycles. The predicted octanol–water partition coefficient (Wildman–Crippen LogP) is 4.25. The molecule has 1 N–H and O–H groups in total. The number of nitrogens with one attached hydrogen (secondary N) is 1. The van der Waals surface area contributed by atoms with E-state index in [-0.39, 0.29) is 5.91 Å². The van der Waals surface area contributed by atoms with Gasteiger partial charge in [-0.25, -0.2) is 4.79 Å². The Morgan fingerprint density at radius 1 is 0.931 bits per heavy atom. The van der Waals surface area contributed by atoms with Crippen LogP contribution in [0.1, 0.15) is 32.4 Å². The predicted molar refractivity (Wildman–Crippen MR) is 110 cm³/mol. The van der Waals surface area contributed by atoms with E-state index in [9.17, 15) is 9.59 Å². The van der Waals surface area contributed by atoms with E-state index < -0.39 is 12.1 Å². The molecular weight excluding hydrogens is 368 g/mol. The van der Waals surface area contributed by atoms with E-state index in [0.717, 1.165) is 0 Å². The fraction of sp³-hybridized carbons (Fsp3) is 0.130. The molecule has 0 spiro atoms. The Kier molecular flexibility index (Phi) is 4.91. The molecule has 1 amide bonds. The molecule has 0 aliphatic carbocycles. The summed E-state index contributed by atoms with van der Waals surface area (Å²) in [6, 6.07) is 21.7. The molecule has 1 heterocycles. The molecule has 0 aromatic heterocycles. The average molecular weight is 388 g/mol. The van der Waals surface area contributed by atoms with Gasteiger partial charge in [0.15, 0.2) is 0 Å². The van der Waals surface area contributed by atoms with Gasteiger partial charge in [0.25, 0.3) is 5.91 Å². The first kappa shape index (κ1) is 18.6. The number of rotatable bonds is 4. The van der Waals surface area contributed by atoms with E-state index in [4.69, 9.17) is 9.47 Å². The first-order chi connectivity index (χ1) is 14.2. The molecule has 1 atom stereocenters. The van der Waals surface area contributed by atoms with E-state index in [2.05, 4.69) is 5.32 Å². The topological polar surface area (TPSA) is 67.9 Å². The molecule has 0 saturated heterocycles. The largest absolute Gasteiger partial charge is 0.495 e. The molecule has 146 valence electrons. The molecule has 0 unspecified atom stereocenters. The number of anilines is 2. The lowest BCUT2D eigenvalue weighted by atomic mass is 9.98. The monoisotopic (exact) mass is 388 g/mol. The number of para-hydroxylation sites is 3. The first-order valence-corrected chi connectivity index (χ1v) is 9.15. The number of amides is 1. The highest BCUT2D eigenvalue weighted by molar-refractivity contribution is 6.13. The summed E-state index contributed by atoms with van der Waals surface area (Å²) in [5.41, 5.74) is 2.87. The second kappa shape index (κ2) is 7.67. The number of nitrogens with zero attached hydrogens (tertiary/aromatic N) is 1. The van der Waals surface area contributed by atoms with Crippen molar-refractivity contribution in [3.63, 3.8) is 0 Å². The van der Waals surface area contributed by atoms with Crippen LogP contribution in [0.25, 0.3) is 0 Å². The van der Waals surface area contributed by atoms with Gasteiger partial charge >= 0.3 is 5.97 Å². The lowest BCUT2D eigenvalue weighted by Crippen LogP contribution is -2.44. The zero-order valence-corrected chi connectivity index (χ0v) is 16.1. The van der Waals surface area contributed by atoms with Crippen LogP contribution in [0.2, 0.25) is 0 Å². The second-order valence-electron chi connectivity index (χ2n) is 6.52. The van der Waals surface area contributed by atoms with Crippen molar-refractivity contribution in [2.45, 2.75) is 6.17 Å². The molecular formula is C23H20N2O4. The van der Waals surface area contributed by atoms with Gasteiger partial charge in [-0.1, -0.05) is 42.5 Å². The Morgan fingerprint density at radius 3 is 2.41 bits per heavy atom. The number of esters is 1. The number of hydrogen-bond acceptors (Lipinski definition) is 5. The minimum atomic E-state index is -0.621. The van der Waals surface area contributed by atoms with Crippen LogP contribution in [0, 0.1) is 0 Å². The van der Waals surface area contributed by atoms with Crippen molar-refractivity contribution in [1.29, 1.82) is 0 Å². The van der Waals surface area contributed by atoms with Crippen LogP contribution in [0.3, 0.4) is 0 Å². The van der Waals surface area contributed by atoms with Crippen molar-refractivity contribution in [3.8, 4) is 5.75 Å². The van der Waals surface area contributed by atoms with Crippen molar-refractivity contribution in [3.05, 3.63) is 89.5 Å². The van der Waals surface area contributed by atoms with Gasteiger partial charge in [-0.05, 0) is 30.3 Å². The van der Waals surface area contributed by atoms with E-state index in [1.54, 1.807) is 36.3 Å². The van der Waals surface area contributed by atoms with Gasteiger partial charge in [-0.2, -0.15) is 0 Å². The van der Waals surface area contributed by atoms with E-state index in [1.165, 1.54) is 7.11 Å². The summed E-state index contributed by atoms with van der Waals surface area (Å²) in [6.07, 6.45) is -0.621. The Labute approximate surface area is 168 Å². The van der Waals surface area contributed by atoms with Crippen LogP contribution in [-0.4, -0.2) is 26.1 Å². The van der Waals surface area contributed by atoms with Crippen LogP contribution in [0.15, 0.2) is 72.8 Å². The number of carbonyl (C=O) groups is 2. The summed E-state index contributed by atoms with van der Waals surface area (Å²) < 4.78 is 10.5. The lowest BCUT2D eigenvalue weighted by molar-refractivity contribution is 0.0598. The number of hydrogen-bond donors (Lipinski definition) is 1. The van der Waals surface area contributed by atoms with Gasteiger partial charge in [0.1, 0.15) is 11.9 Å². The van der Waals surface area contributed by atoms with Gasteiger partial charge in [-0.3, -0.25) is 9.69 Å². The third-order valence-electron chi connectivity index (χ3n) is 4.93. The van der Waals surface area contributed by atoms with Crippen LogP contribution in [0.4, 0.5) is 11.4 Å². The average Bonchev–Trinajstić information content (AvgIpc) is 2.78. The Hall–Kier alpha value is -3.80. The van der Waals surface area contributed by atoms with Gasteiger partial charge in [0.2, 0.25) is 0 Å². The third kappa shape index (κ3) is 3.18. The Balaban J connectivity index is 1.94. The molecule has 6 heteroatoms. The highest BCUT2D eigenvalue weighted by Crippen LogP contribution is 2.41. The smallest absolute Gasteiger partial charge is 0.338 e. The van der Waals surface area contributed by atoms with Gasteiger partial charge in [0, 0.05) is 11.3 Å².